The average molecular weight is 777 g/mol. The number of fused-ring (bicyclic) bond motifs is 9. The van der Waals surface area contributed by atoms with E-state index in [4.69, 9.17) is 9.97 Å². The summed E-state index contributed by atoms with van der Waals surface area (Å²) in [6.45, 7) is 0. The molecule has 0 radical (unpaired) electrons. The molecule has 6 aliphatic rings. The molecule has 2 saturated carbocycles. The largest absolute Gasteiger partial charge is 0.228 e. The van der Waals surface area contributed by atoms with Crippen molar-refractivity contribution in [2.75, 3.05) is 0 Å². The van der Waals surface area contributed by atoms with Gasteiger partial charge in [-0.3, -0.25) is 0 Å². The van der Waals surface area contributed by atoms with Crippen molar-refractivity contribution in [1.82, 2.24) is 9.97 Å². The fourth-order valence-electron chi connectivity index (χ4n) is 12.5. The van der Waals surface area contributed by atoms with Gasteiger partial charge in [0, 0.05) is 27.5 Å². The van der Waals surface area contributed by atoms with Crippen molar-refractivity contribution in [2.24, 2.45) is 5.92 Å². The maximum atomic E-state index is 5.09. The molecule has 0 N–H and O–H groups in total. The molecule has 6 aliphatic carbocycles. The second-order valence-corrected chi connectivity index (χ2v) is 18.5. The normalized spacial score (nSPS) is 20.6. The van der Waals surface area contributed by atoms with Crippen LogP contribution < -0.4 is 0 Å². The number of hydrogen-bond donors (Lipinski definition) is 0. The molecule has 2 heteroatoms. The topological polar surface area (TPSA) is 25.8 Å². The highest BCUT2D eigenvalue weighted by Crippen LogP contribution is 2.66. The first-order chi connectivity index (χ1) is 29.7. The van der Waals surface area contributed by atoms with Crippen LogP contribution >= 0.6 is 0 Å². The fraction of sp³-hybridized carbons (Fsp3) is 0.276. The summed E-state index contributed by atoms with van der Waals surface area (Å²) < 4.78 is 0. The van der Waals surface area contributed by atoms with Crippen LogP contribution in [0.2, 0.25) is 0 Å². The van der Waals surface area contributed by atoms with Gasteiger partial charge in [-0.2, -0.15) is 0 Å². The Kier molecular flexibility index (Phi) is 8.65. The zero-order valence-electron chi connectivity index (χ0n) is 34.6. The second-order valence-electron chi connectivity index (χ2n) is 18.5. The minimum atomic E-state index is 0.212. The zero-order chi connectivity index (χ0) is 39.7. The first kappa shape index (κ1) is 36.0. The van der Waals surface area contributed by atoms with E-state index in [1.807, 2.05) is 0 Å². The predicted octanol–water partition coefficient (Wildman–Crippen LogP) is 15.2. The third-order valence-corrected chi connectivity index (χ3v) is 15.5. The number of rotatable bonds is 5. The Morgan fingerprint density at radius 2 is 1.12 bits per heavy atom. The van der Waals surface area contributed by atoms with Crippen molar-refractivity contribution in [3.05, 3.63) is 185 Å². The lowest BCUT2D eigenvalue weighted by molar-refractivity contribution is 0.242. The van der Waals surface area contributed by atoms with Gasteiger partial charge in [0.15, 0.2) is 5.82 Å². The van der Waals surface area contributed by atoms with E-state index in [-0.39, 0.29) is 10.8 Å². The van der Waals surface area contributed by atoms with Crippen LogP contribution in [0.5, 0.6) is 0 Å². The summed E-state index contributed by atoms with van der Waals surface area (Å²) in [6.07, 6.45) is 26.1. The summed E-state index contributed by atoms with van der Waals surface area (Å²) in [5, 5.41) is 0. The van der Waals surface area contributed by atoms with Gasteiger partial charge < -0.3 is 0 Å². The molecule has 1 heterocycles. The van der Waals surface area contributed by atoms with Gasteiger partial charge in [0.25, 0.3) is 0 Å². The molecule has 1 unspecified atom stereocenters. The van der Waals surface area contributed by atoms with Crippen molar-refractivity contribution in [2.45, 2.75) is 94.3 Å². The third kappa shape index (κ3) is 5.74. The summed E-state index contributed by atoms with van der Waals surface area (Å²) in [6, 6.07) is 47.9. The molecular formula is C58H52N2. The van der Waals surface area contributed by atoms with E-state index in [0.717, 1.165) is 46.8 Å². The van der Waals surface area contributed by atoms with Crippen molar-refractivity contribution in [3.63, 3.8) is 0 Å². The van der Waals surface area contributed by atoms with Gasteiger partial charge in [0.05, 0.1) is 11.4 Å². The molecule has 2 fully saturated rings. The predicted molar refractivity (Wildman–Crippen MR) is 249 cm³/mol. The van der Waals surface area contributed by atoms with Gasteiger partial charge >= 0.3 is 0 Å². The number of allylic oxidation sites excluding steroid dienone is 8. The van der Waals surface area contributed by atoms with Crippen molar-refractivity contribution in [3.8, 4) is 44.8 Å². The molecule has 2 nitrogen and oxygen atoms in total. The van der Waals surface area contributed by atoms with Crippen LogP contribution in [0.15, 0.2) is 157 Å². The van der Waals surface area contributed by atoms with Crippen molar-refractivity contribution in [1.29, 1.82) is 0 Å². The Morgan fingerprint density at radius 3 is 1.82 bits per heavy atom. The standard InChI is InChI=1S/C58H52N2/c1-5-15-42(16-6-1)54-38-55(60-56(59-54)44-17-7-2-8-18-44)43-27-25-40(26-28-43)39-21-23-41(24-22-39)45-29-30-51-47(35-45)49-37-52-48(36-53(49)58(51)33-13-4-14-34-58)46-19-9-10-20-50(46)57(52)31-11-3-12-32-57/h1,5-7,9-10,15-30,35,37-38,53H,2-4,8,11-14,31-34,36H2. The number of aromatic nitrogens is 2. The average Bonchev–Trinajstić information content (AvgIpc) is 3.73. The quantitative estimate of drug-likeness (QED) is 0.174. The van der Waals surface area contributed by atoms with Crippen LogP contribution in [-0.2, 0) is 10.8 Å². The van der Waals surface area contributed by atoms with E-state index in [1.165, 1.54) is 92.9 Å². The van der Waals surface area contributed by atoms with E-state index in [1.54, 1.807) is 39.0 Å². The van der Waals surface area contributed by atoms with Gasteiger partial charge in [-0.15, -0.1) is 0 Å². The smallest absolute Gasteiger partial charge is 0.160 e. The molecule has 60 heavy (non-hydrogen) atoms. The number of nitrogens with zero attached hydrogens (tertiary/aromatic N) is 2. The van der Waals surface area contributed by atoms with Gasteiger partial charge in [-0.25, -0.2) is 9.97 Å². The molecule has 2 spiro atoms. The Labute approximate surface area is 355 Å². The highest BCUT2D eigenvalue weighted by Gasteiger charge is 2.54. The summed E-state index contributed by atoms with van der Waals surface area (Å²) in [7, 11) is 0. The molecular weight excluding hydrogens is 725 g/mol. The Balaban J connectivity index is 0.869. The van der Waals surface area contributed by atoms with Gasteiger partial charge in [-0.1, -0.05) is 178 Å². The molecule has 0 saturated heterocycles. The van der Waals surface area contributed by atoms with Crippen LogP contribution in [0.3, 0.4) is 0 Å². The van der Waals surface area contributed by atoms with Crippen molar-refractivity contribution < 1.29 is 0 Å². The Bertz CT molecular complexity index is 2770. The number of hydrogen-bond acceptors (Lipinski definition) is 2. The van der Waals surface area contributed by atoms with E-state index in [9.17, 15) is 0 Å². The fourth-order valence-corrected chi connectivity index (χ4v) is 12.5. The molecule has 5 aromatic carbocycles. The zero-order valence-corrected chi connectivity index (χ0v) is 34.6. The maximum Gasteiger partial charge on any atom is 0.160 e. The SMILES string of the molecule is C1=CC(c2nc(-c3ccccc3)cc(-c3ccc(-c4ccc(-c5ccc6c(c5)C5=CC7=C(CC5C65CCCCC5)c5ccccc5C75CCCCC5)cc4)cc3)n2)=CCC1. The highest BCUT2D eigenvalue weighted by molar-refractivity contribution is 5.93. The molecule has 1 aromatic heterocycles. The lowest BCUT2D eigenvalue weighted by Crippen LogP contribution is -2.35. The third-order valence-electron chi connectivity index (χ3n) is 15.5. The van der Waals surface area contributed by atoms with Gasteiger partial charge in [0.2, 0.25) is 0 Å². The molecule has 0 bridgehead atoms. The van der Waals surface area contributed by atoms with Crippen LogP contribution in [0, 0.1) is 5.92 Å². The van der Waals surface area contributed by atoms with Gasteiger partial charge in [-0.05, 0) is 124 Å². The molecule has 12 rings (SSSR count). The second kappa shape index (κ2) is 14.4. The molecule has 6 aromatic rings. The number of benzene rings is 5. The Morgan fingerprint density at radius 1 is 0.500 bits per heavy atom. The van der Waals surface area contributed by atoms with Gasteiger partial charge in [0.1, 0.15) is 0 Å². The molecule has 294 valence electrons. The van der Waals surface area contributed by atoms with Crippen LogP contribution in [-0.4, -0.2) is 9.97 Å². The van der Waals surface area contributed by atoms with E-state index >= 15 is 0 Å². The van der Waals surface area contributed by atoms with Crippen LogP contribution in [0.1, 0.15) is 112 Å². The lowest BCUT2D eigenvalue weighted by Gasteiger charge is -2.43. The minimum Gasteiger partial charge on any atom is -0.228 e. The summed E-state index contributed by atoms with van der Waals surface area (Å²) in [4.78, 5) is 10.1. The van der Waals surface area contributed by atoms with Crippen LogP contribution in [0.25, 0.3) is 61.5 Å². The summed E-state index contributed by atoms with van der Waals surface area (Å²) >= 11 is 0. The summed E-state index contributed by atoms with van der Waals surface area (Å²) in [5.74, 6) is 1.37. The minimum absolute atomic E-state index is 0.212. The first-order valence-electron chi connectivity index (χ1n) is 22.9. The molecule has 0 amide bonds. The molecule has 1 atom stereocenters. The lowest BCUT2D eigenvalue weighted by atomic mass is 9.61. The summed E-state index contributed by atoms with van der Waals surface area (Å²) in [5.41, 5.74) is 22.2. The van der Waals surface area contributed by atoms with E-state index < -0.39 is 0 Å². The monoisotopic (exact) mass is 776 g/mol. The van der Waals surface area contributed by atoms with E-state index in [2.05, 4.69) is 152 Å². The van der Waals surface area contributed by atoms with Crippen molar-refractivity contribution >= 4 is 16.7 Å². The molecule has 0 aliphatic heterocycles. The highest BCUT2D eigenvalue weighted by atomic mass is 14.9. The Hall–Kier alpha value is -5.86. The van der Waals surface area contributed by atoms with E-state index in [0.29, 0.717) is 5.92 Å². The van der Waals surface area contributed by atoms with Crippen LogP contribution in [0.4, 0.5) is 0 Å². The maximum absolute atomic E-state index is 5.09. The first-order valence-corrected chi connectivity index (χ1v) is 22.9.